The number of aromatic nitrogens is 2. The first-order chi connectivity index (χ1) is 9.17. The monoisotopic (exact) mass is 259 g/mol. The van der Waals surface area contributed by atoms with Crippen LogP contribution in [0.2, 0.25) is 0 Å². The molecule has 0 unspecified atom stereocenters. The van der Waals surface area contributed by atoms with Crippen molar-refractivity contribution in [1.82, 2.24) is 9.97 Å². The number of hydrogen-bond acceptors (Lipinski definition) is 5. The van der Waals surface area contributed by atoms with E-state index in [-0.39, 0.29) is 0 Å². The first-order valence-corrected chi connectivity index (χ1v) is 6.06. The summed E-state index contributed by atoms with van der Waals surface area (Å²) >= 11 is 0. The van der Waals surface area contributed by atoms with Crippen LogP contribution in [0.3, 0.4) is 0 Å². The SMILES string of the molecule is CCOc1ncccc1-c1cc(OC)c(C)nc1N. The summed E-state index contributed by atoms with van der Waals surface area (Å²) in [6, 6.07) is 5.60. The molecule has 0 aliphatic rings. The number of hydrogen-bond donors (Lipinski definition) is 1. The Labute approximate surface area is 112 Å². The Morgan fingerprint density at radius 1 is 1.32 bits per heavy atom. The molecule has 0 aliphatic carbocycles. The van der Waals surface area contributed by atoms with Crippen LogP contribution in [0.15, 0.2) is 24.4 Å². The summed E-state index contributed by atoms with van der Waals surface area (Å²) in [4.78, 5) is 8.51. The highest BCUT2D eigenvalue weighted by Gasteiger charge is 2.14. The highest BCUT2D eigenvalue weighted by Crippen LogP contribution is 2.34. The summed E-state index contributed by atoms with van der Waals surface area (Å²) in [7, 11) is 1.61. The standard InChI is InChI=1S/C14H17N3O2/c1-4-19-14-10(6-5-7-16-14)11-8-12(18-3)9(2)17-13(11)15/h5-8H,4H2,1-3H3,(H2,15,17). The third-order valence-corrected chi connectivity index (χ3v) is 2.76. The average Bonchev–Trinajstić information content (AvgIpc) is 2.40. The molecule has 0 atom stereocenters. The van der Waals surface area contributed by atoms with Crippen molar-refractivity contribution in [2.24, 2.45) is 0 Å². The largest absolute Gasteiger partial charge is 0.495 e. The van der Waals surface area contributed by atoms with Gasteiger partial charge in [0.25, 0.3) is 0 Å². The zero-order valence-corrected chi connectivity index (χ0v) is 11.3. The number of nitrogens with two attached hydrogens (primary N) is 1. The molecule has 2 aromatic rings. The lowest BCUT2D eigenvalue weighted by Crippen LogP contribution is -2.02. The fraction of sp³-hybridized carbons (Fsp3) is 0.286. The molecule has 19 heavy (non-hydrogen) atoms. The Hall–Kier alpha value is -2.30. The van der Waals surface area contributed by atoms with Gasteiger partial charge >= 0.3 is 0 Å². The van der Waals surface area contributed by atoms with Crippen LogP contribution in [0, 0.1) is 6.92 Å². The lowest BCUT2D eigenvalue weighted by molar-refractivity contribution is 0.328. The number of methoxy groups -OCH3 is 1. The number of nitrogen functional groups attached to an aromatic ring is 1. The maximum absolute atomic E-state index is 5.99. The zero-order valence-electron chi connectivity index (χ0n) is 11.3. The van der Waals surface area contributed by atoms with Gasteiger partial charge in [0.15, 0.2) is 0 Å². The Bertz CT molecular complexity index is 585. The highest BCUT2D eigenvalue weighted by molar-refractivity contribution is 5.78. The lowest BCUT2D eigenvalue weighted by atomic mass is 10.1. The van der Waals surface area contributed by atoms with Crippen molar-refractivity contribution in [2.45, 2.75) is 13.8 Å². The second kappa shape index (κ2) is 5.56. The molecular weight excluding hydrogens is 242 g/mol. The Morgan fingerprint density at radius 3 is 2.79 bits per heavy atom. The van der Waals surface area contributed by atoms with Crippen LogP contribution in [0.1, 0.15) is 12.6 Å². The molecule has 2 heterocycles. The van der Waals surface area contributed by atoms with Crippen LogP contribution >= 0.6 is 0 Å². The Kier molecular flexibility index (Phi) is 3.85. The van der Waals surface area contributed by atoms with Crippen molar-refractivity contribution >= 4 is 5.82 Å². The fourth-order valence-electron chi connectivity index (χ4n) is 1.88. The van der Waals surface area contributed by atoms with E-state index >= 15 is 0 Å². The zero-order chi connectivity index (χ0) is 13.8. The lowest BCUT2D eigenvalue weighted by Gasteiger charge is -2.13. The topological polar surface area (TPSA) is 70.3 Å². The Balaban J connectivity index is 2.58. The molecule has 0 saturated heterocycles. The molecular formula is C14H17N3O2. The minimum absolute atomic E-state index is 0.437. The summed E-state index contributed by atoms with van der Waals surface area (Å²) in [5.74, 6) is 1.67. The van der Waals surface area contributed by atoms with Crippen LogP contribution in [0.4, 0.5) is 5.82 Å². The number of nitrogens with zero attached hydrogens (tertiary/aromatic N) is 2. The van der Waals surface area contributed by atoms with Crippen molar-refractivity contribution in [3.8, 4) is 22.8 Å². The van der Waals surface area contributed by atoms with Crippen molar-refractivity contribution in [3.63, 3.8) is 0 Å². The van der Waals surface area contributed by atoms with Crippen molar-refractivity contribution in [1.29, 1.82) is 0 Å². The number of pyridine rings is 2. The van der Waals surface area contributed by atoms with Gasteiger partial charge in [-0.25, -0.2) is 9.97 Å². The predicted octanol–water partition coefficient (Wildman–Crippen LogP) is 2.44. The van der Waals surface area contributed by atoms with E-state index in [4.69, 9.17) is 15.2 Å². The van der Waals surface area contributed by atoms with Gasteiger partial charge in [0.1, 0.15) is 11.6 Å². The quantitative estimate of drug-likeness (QED) is 0.913. The van der Waals surface area contributed by atoms with Gasteiger partial charge in [0.2, 0.25) is 5.88 Å². The van der Waals surface area contributed by atoms with Gasteiger partial charge in [-0.05, 0) is 32.0 Å². The van der Waals surface area contributed by atoms with E-state index in [1.807, 2.05) is 32.0 Å². The maximum Gasteiger partial charge on any atom is 0.221 e. The molecule has 0 fully saturated rings. The number of rotatable bonds is 4. The Morgan fingerprint density at radius 2 is 2.11 bits per heavy atom. The number of aryl methyl sites for hydroxylation is 1. The molecule has 5 heteroatoms. The molecule has 100 valence electrons. The molecule has 2 aromatic heterocycles. The first-order valence-electron chi connectivity index (χ1n) is 6.06. The number of ether oxygens (including phenoxy) is 2. The van der Waals surface area contributed by atoms with Gasteiger partial charge < -0.3 is 15.2 Å². The molecule has 5 nitrogen and oxygen atoms in total. The van der Waals surface area contributed by atoms with E-state index < -0.39 is 0 Å². The van der Waals surface area contributed by atoms with Crippen molar-refractivity contribution in [3.05, 3.63) is 30.1 Å². The predicted molar refractivity (Wildman–Crippen MR) is 74.3 cm³/mol. The normalized spacial score (nSPS) is 10.3. The van der Waals surface area contributed by atoms with Crippen LogP contribution in [-0.2, 0) is 0 Å². The number of anilines is 1. The van der Waals surface area contributed by atoms with Gasteiger partial charge in [0, 0.05) is 17.3 Å². The molecule has 2 rings (SSSR count). The van der Waals surface area contributed by atoms with Gasteiger partial charge in [-0.15, -0.1) is 0 Å². The first kappa shape index (κ1) is 13.1. The molecule has 0 spiro atoms. The molecule has 0 amide bonds. The van der Waals surface area contributed by atoms with Crippen molar-refractivity contribution < 1.29 is 9.47 Å². The fourth-order valence-corrected chi connectivity index (χ4v) is 1.88. The minimum atomic E-state index is 0.437. The third-order valence-electron chi connectivity index (χ3n) is 2.76. The van der Waals surface area contributed by atoms with Crippen LogP contribution in [0.25, 0.3) is 11.1 Å². The minimum Gasteiger partial charge on any atom is -0.495 e. The molecule has 2 N–H and O–H groups in total. The summed E-state index contributed by atoms with van der Waals surface area (Å²) in [5, 5.41) is 0. The molecule has 0 radical (unpaired) electrons. The molecule has 0 aromatic carbocycles. The van der Waals surface area contributed by atoms with Gasteiger partial charge in [-0.2, -0.15) is 0 Å². The average molecular weight is 259 g/mol. The summed E-state index contributed by atoms with van der Waals surface area (Å²) in [6.07, 6.45) is 1.68. The summed E-state index contributed by atoms with van der Waals surface area (Å²) in [5.41, 5.74) is 8.32. The van der Waals surface area contributed by atoms with E-state index in [0.717, 1.165) is 16.8 Å². The molecule has 0 aliphatic heterocycles. The van der Waals surface area contributed by atoms with Crippen LogP contribution in [-0.4, -0.2) is 23.7 Å². The second-order valence-electron chi connectivity index (χ2n) is 4.00. The van der Waals surface area contributed by atoms with E-state index in [1.54, 1.807) is 13.3 Å². The van der Waals surface area contributed by atoms with Crippen molar-refractivity contribution in [2.75, 3.05) is 19.5 Å². The van der Waals surface area contributed by atoms with Gasteiger partial charge in [-0.3, -0.25) is 0 Å². The molecule has 0 bridgehead atoms. The van der Waals surface area contributed by atoms with Crippen LogP contribution in [0.5, 0.6) is 11.6 Å². The van der Waals surface area contributed by atoms with Crippen LogP contribution < -0.4 is 15.2 Å². The van der Waals surface area contributed by atoms with E-state index in [0.29, 0.717) is 24.1 Å². The maximum atomic E-state index is 5.99. The smallest absolute Gasteiger partial charge is 0.221 e. The third kappa shape index (κ3) is 2.59. The summed E-state index contributed by atoms with van der Waals surface area (Å²) in [6.45, 7) is 4.31. The van der Waals surface area contributed by atoms with Gasteiger partial charge in [-0.1, -0.05) is 0 Å². The van der Waals surface area contributed by atoms with Gasteiger partial charge in [0.05, 0.1) is 19.4 Å². The van der Waals surface area contributed by atoms with E-state index in [9.17, 15) is 0 Å². The highest BCUT2D eigenvalue weighted by atomic mass is 16.5. The van der Waals surface area contributed by atoms with E-state index in [2.05, 4.69) is 9.97 Å². The molecule has 0 saturated carbocycles. The van der Waals surface area contributed by atoms with E-state index in [1.165, 1.54) is 0 Å². The summed E-state index contributed by atoms with van der Waals surface area (Å²) < 4.78 is 10.8. The second-order valence-corrected chi connectivity index (χ2v) is 4.00.